The van der Waals surface area contributed by atoms with Crippen LogP contribution in [0.4, 0.5) is 5.82 Å². The van der Waals surface area contributed by atoms with E-state index in [0.717, 1.165) is 22.6 Å². The van der Waals surface area contributed by atoms with E-state index in [9.17, 15) is 4.79 Å². The summed E-state index contributed by atoms with van der Waals surface area (Å²) in [4.78, 5) is 12.0. The summed E-state index contributed by atoms with van der Waals surface area (Å²) >= 11 is 12.6. The molecule has 1 amide bonds. The van der Waals surface area contributed by atoms with Crippen LogP contribution in [0.25, 0.3) is 0 Å². The van der Waals surface area contributed by atoms with Gasteiger partial charge in [0.1, 0.15) is 5.82 Å². The maximum atomic E-state index is 12.0. The average molecular weight is 310 g/mol. The lowest BCUT2D eigenvalue weighted by molar-refractivity contribution is -0.116. The first-order chi connectivity index (χ1) is 9.49. The highest BCUT2D eigenvalue weighted by Crippen LogP contribution is 2.43. The van der Waals surface area contributed by atoms with Crippen molar-refractivity contribution in [2.45, 2.75) is 19.3 Å². The monoisotopic (exact) mass is 309 g/mol. The Hall–Kier alpha value is -1.52. The Kier molecular flexibility index (Phi) is 3.22. The number of nitrogens with one attached hydrogen (secondary N) is 1. The molecule has 2 heterocycles. The van der Waals surface area contributed by atoms with E-state index in [1.807, 2.05) is 14.0 Å². The molecular formula is C14H13Cl2N3O. The molecule has 20 heavy (non-hydrogen) atoms. The van der Waals surface area contributed by atoms with Gasteiger partial charge < -0.3 is 5.32 Å². The molecule has 2 aromatic rings. The predicted octanol–water partition coefficient (Wildman–Crippen LogP) is 3.51. The number of anilines is 1. The van der Waals surface area contributed by atoms with Crippen molar-refractivity contribution < 1.29 is 4.79 Å². The molecule has 0 fully saturated rings. The molecule has 1 N–H and O–H groups in total. The minimum atomic E-state index is -0.159. The van der Waals surface area contributed by atoms with Crippen molar-refractivity contribution >= 4 is 34.9 Å². The van der Waals surface area contributed by atoms with Gasteiger partial charge in [0.05, 0.1) is 5.69 Å². The molecule has 1 aliphatic rings. The highest BCUT2D eigenvalue weighted by atomic mass is 35.5. The summed E-state index contributed by atoms with van der Waals surface area (Å²) in [6, 6.07) is 5.38. The second-order valence-electron chi connectivity index (χ2n) is 4.91. The lowest BCUT2D eigenvalue weighted by Gasteiger charge is -2.25. The molecule has 0 saturated carbocycles. The molecule has 104 valence electrons. The smallest absolute Gasteiger partial charge is 0.226 e. The van der Waals surface area contributed by atoms with Crippen molar-refractivity contribution in [3.63, 3.8) is 0 Å². The number of nitrogens with zero attached hydrogens (tertiary/aromatic N) is 2. The maximum Gasteiger partial charge on any atom is 0.226 e. The Balaban J connectivity index is 2.24. The zero-order chi connectivity index (χ0) is 14.4. The average Bonchev–Trinajstić information content (AvgIpc) is 2.64. The molecule has 0 saturated heterocycles. The first-order valence-electron chi connectivity index (χ1n) is 6.26. The second-order valence-corrected chi connectivity index (χ2v) is 5.73. The van der Waals surface area contributed by atoms with Gasteiger partial charge in [0.2, 0.25) is 5.91 Å². The highest BCUT2D eigenvalue weighted by molar-refractivity contribution is 6.36. The van der Waals surface area contributed by atoms with E-state index in [1.165, 1.54) is 0 Å². The molecule has 1 aromatic carbocycles. The Morgan fingerprint density at radius 3 is 2.60 bits per heavy atom. The van der Waals surface area contributed by atoms with E-state index in [2.05, 4.69) is 10.4 Å². The molecule has 1 aliphatic heterocycles. The molecule has 0 radical (unpaired) electrons. The summed E-state index contributed by atoms with van der Waals surface area (Å²) in [6.07, 6.45) is 0.322. The number of aromatic nitrogens is 2. The minimum absolute atomic E-state index is 0.0542. The van der Waals surface area contributed by atoms with Crippen LogP contribution >= 0.6 is 23.2 Å². The van der Waals surface area contributed by atoms with Crippen molar-refractivity contribution in [1.82, 2.24) is 9.78 Å². The number of benzene rings is 1. The van der Waals surface area contributed by atoms with Crippen LogP contribution in [0.3, 0.4) is 0 Å². The molecular weight excluding hydrogens is 297 g/mol. The van der Waals surface area contributed by atoms with Gasteiger partial charge >= 0.3 is 0 Å². The van der Waals surface area contributed by atoms with Crippen LogP contribution in [0.1, 0.15) is 29.2 Å². The van der Waals surface area contributed by atoms with Crippen LogP contribution in [-0.2, 0) is 11.8 Å². The molecule has 3 rings (SSSR count). The van der Waals surface area contributed by atoms with Gasteiger partial charge in [-0.05, 0) is 24.6 Å². The molecule has 0 unspecified atom stereocenters. The van der Waals surface area contributed by atoms with Gasteiger partial charge in [-0.3, -0.25) is 9.48 Å². The van der Waals surface area contributed by atoms with Crippen LogP contribution in [0.2, 0.25) is 10.0 Å². The van der Waals surface area contributed by atoms with Gasteiger partial charge in [-0.2, -0.15) is 5.10 Å². The van der Waals surface area contributed by atoms with Crippen molar-refractivity contribution in [3.05, 3.63) is 45.1 Å². The quantitative estimate of drug-likeness (QED) is 0.876. The third-order valence-corrected chi connectivity index (χ3v) is 4.27. The van der Waals surface area contributed by atoms with Crippen LogP contribution in [0.15, 0.2) is 18.2 Å². The van der Waals surface area contributed by atoms with Gasteiger partial charge in [0, 0.05) is 35.0 Å². The van der Waals surface area contributed by atoms with Crippen LogP contribution in [-0.4, -0.2) is 15.7 Å². The second kappa shape index (κ2) is 4.79. The normalized spacial score (nSPS) is 17.8. The van der Waals surface area contributed by atoms with Crippen molar-refractivity contribution in [1.29, 1.82) is 0 Å². The third kappa shape index (κ3) is 2.00. The zero-order valence-corrected chi connectivity index (χ0v) is 12.6. The van der Waals surface area contributed by atoms with Crippen LogP contribution in [0, 0.1) is 6.92 Å². The van der Waals surface area contributed by atoms with E-state index < -0.39 is 0 Å². The Morgan fingerprint density at radius 2 is 1.95 bits per heavy atom. The summed E-state index contributed by atoms with van der Waals surface area (Å²) in [7, 11) is 1.81. The van der Waals surface area contributed by atoms with E-state index in [0.29, 0.717) is 16.5 Å². The number of rotatable bonds is 1. The van der Waals surface area contributed by atoms with Gasteiger partial charge in [0.25, 0.3) is 0 Å². The largest absolute Gasteiger partial charge is 0.311 e. The van der Waals surface area contributed by atoms with Gasteiger partial charge in [-0.1, -0.05) is 29.3 Å². The fraction of sp³-hybridized carbons (Fsp3) is 0.286. The number of hydrogen-bond donors (Lipinski definition) is 1. The fourth-order valence-electron chi connectivity index (χ4n) is 2.80. The SMILES string of the molecule is Cc1nn(C)c2c1[C@H](c1c(Cl)cccc1Cl)CC(=O)N2. The molecule has 0 bridgehead atoms. The molecule has 6 heteroatoms. The number of carbonyl (C=O) groups is 1. The standard InChI is InChI=1S/C14H13Cl2N3O/c1-7-12-8(13-9(15)4-3-5-10(13)16)6-11(20)17-14(12)19(2)18-7/h3-5,8H,6H2,1-2H3,(H,17,20)/t8-/m1/s1. The summed E-state index contributed by atoms with van der Waals surface area (Å²) in [5, 5.41) is 8.39. The Morgan fingerprint density at radius 1 is 1.30 bits per heavy atom. The third-order valence-electron chi connectivity index (χ3n) is 3.61. The van der Waals surface area contributed by atoms with Crippen molar-refractivity contribution in [3.8, 4) is 0 Å². The Labute approximate surface area is 126 Å². The lowest BCUT2D eigenvalue weighted by atomic mass is 9.85. The van der Waals surface area contributed by atoms with Crippen LogP contribution in [0.5, 0.6) is 0 Å². The molecule has 0 spiro atoms. The topological polar surface area (TPSA) is 46.9 Å². The predicted molar refractivity (Wildman–Crippen MR) is 79.5 cm³/mol. The molecule has 1 aromatic heterocycles. The summed E-state index contributed by atoms with van der Waals surface area (Å²) in [5.41, 5.74) is 2.66. The zero-order valence-electron chi connectivity index (χ0n) is 11.1. The van der Waals surface area contributed by atoms with Crippen LogP contribution < -0.4 is 5.32 Å². The molecule has 4 nitrogen and oxygen atoms in total. The number of halogens is 2. The van der Waals surface area contributed by atoms with E-state index in [-0.39, 0.29) is 11.8 Å². The van der Waals surface area contributed by atoms with Gasteiger partial charge in [-0.15, -0.1) is 0 Å². The van der Waals surface area contributed by atoms with Crippen molar-refractivity contribution in [2.24, 2.45) is 7.05 Å². The summed E-state index contributed by atoms with van der Waals surface area (Å²) < 4.78 is 1.68. The number of hydrogen-bond acceptors (Lipinski definition) is 2. The van der Waals surface area contributed by atoms with E-state index in [4.69, 9.17) is 23.2 Å². The van der Waals surface area contributed by atoms with E-state index >= 15 is 0 Å². The fourth-order valence-corrected chi connectivity index (χ4v) is 3.46. The summed E-state index contributed by atoms with van der Waals surface area (Å²) in [6.45, 7) is 1.92. The molecule has 1 atom stereocenters. The first-order valence-corrected chi connectivity index (χ1v) is 7.02. The minimum Gasteiger partial charge on any atom is -0.311 e. The lowest BCUT2D eigenvalue weighted by Crippen LogP contribution is -2.25. The number of aryl methyl sites for hydroxylation is 2. The molecule has 0 aliphatic carbocycles. The van der Waals surface area contributed by atoms with Crippen molar-refractivity contribution in [2.75, 3.05) is 5.32 Å². The maximum absolute atomic E-state index is 12.0. The number of amides is 1. The number of fused-ring (bicyclic) bond motifs is 1. The van der Waals surface area contributed by atoms with E-state index in [1.54, 1.807) is 22.9 Å². The van der Waals surface area contributed by atoms with Gasteiger partial charge in [0.15, 0.2) is 0 Å². The first kappa shape index (κ1) is 13.5. The summed E-state index contributed by atoms with van der Waals surface area (Å²) in [5.74, 6) is 0.509. The number of carbonyl (C=O) groups excluding carboxylic acids is 1. The Bertz CT molecular complexity index is 688. The highest BCUT2D eigenvalue weighted by Gasteiger charge is 2.33. The van der Waals surface area contributed by atoms with Gasteiger partial charge in [-0.25, -0.2) is 0 Å².